The van der Waals surface area contributed by atoms with E-state index in [-0.39, 0.29) is 5.78 Å². The molecule has 1 aromatic heterocycles. The molecule has 0 radical (unpaired) electrons. The first kappa shape index (κ1) is 21.6. The summed E-state index contributed by atoms with van der Waals surface area (Å²) in [6.45, 7) is 10.1. The van der Waals surface area contributed by atoms with Gasteiger partial charge in [0.05, 0.1) is 23.1 Å². The molecule has 32 heavy (non-hydrogen) atoms. The average Bonchev–Trinajstić information content (AvgIpc) is 2.73. The maximum absolute atomic E-state index is 13.6. The van der Waals surface area contributed by atoms with E-state index in [1.165, 1.54) is 0 Å². The Balaban J connectivity index is 1.64. The first-order chi connectivity index (χ1) is 15.2. The van der Waals surface area contributed by atoms with Gasteiger partial charge in [-0.05, 0) is 82.1 Å². The third-order valence-electron chi connectivity index (χ3n) is 5.86. The molecule has 0 fully saturated rings. The van der Waals surface area contributed by atoms with Crippen molar-refractivity contribution in [1.29, 1.82) is 5.26 Å². The van der Waals surface area contributed by atoms with Gasteiger partial charge in [0.25, 0.3) is 0 Å². The molecule has 0 amide bonds. The number of rotatable bonds is 4. The number of ketones is 1. The summed E-state index contributed by atoms with van der Waals surface area (Å²) in [6, 6.07) is 17.0. The molecule has 1 aliphatic heterocycles. The number of benzene rings is 2. The molecule has 0 N–H and O–H groups in total. The summed E-state index contributed by atoms with van der Waals surface area (Å²) in [7, 11) is 0. The van der Waals surface area contributed by atoms with Crippen LogP contribution in [0.15, 0.2) is 48.5 Å². The van der Waals surface area contributed by atoms with Crippen LogP contribution in [0.25, 0.3) is 0 Å². The highest BCUT2D eigenvalue weighted by molar-refractivity contribution is 6.05. The smallest absolute Gasteiger partial charge is 0.178 e. The summed E-state index contributed by atoms with van der Waals surface area (Å²) < 4.78 is 12.5. The van der Waals surface area contributed by atoms with Crippen molar-refractivity contribution in [1.82, 2.24) is 4.98 Å². The largest absolute Gasteiger partial charge is 0.488 e. The van der Waals surface area contributed by atoms with Crippen LogP contribution in [0.2, 0.25) is 0 Å². The second-order valence-corrected chi connectivity index (χ2v) is 8.85. The van der Waals surface area contributed by atoms with Crippen LogP contribution in [0.4, 0.5) is 0 Å². The predicted octanol–water partition coefficient (Wildman–Crippen LogP) is 5.60. The molecule has 3 aromatic rings. The lowest BCUT2D eigenvalue weighted by atomic mass is 9.76. The Kier molecular flexibility index (Phi) is 5.48. The minimum Gasteiger partial charge on any atom is -0.488 e. The molecule has 0 bridgehead atoms. The monoisotopic (exact) mass is 426 g/mol. The maximum atomic E-state index is 13.6. The van der Waals surface area contributed by atoms with Gasteiger partial charge in [-0.2, -0.15) is 5.26 Å². The molecule has 1 aliphatic rings. The number of fused-ring (bicyclic) bond motifs is 1. The van der Waals surface area contributed by atoms with Crippen molar-refractivity contribution in [3.05, 3.63) is 87.7 Å². The van der Waals surface area contributed by atoms with E-state index in [1.807, 2.05) is 65.0 Å². The first-order valence-corrected chi connectivity index (χ1v) is 10.6. The number of ether oxygens (including phenoxy) is 2. The molecule has 1 atom stereocenters. The molecule has 4 rings (SSSR count). The predicted molar refractivity (Wildman–Crippen MR) is 122 cm³/mol. The lowest BCUT2D eigenvalue weighted by molar-refractivity contribution is 0.0477. The molecule has 162 valence electrons. The minimum absolute atomic E-state index is 0.0444. The Morgan fingerprint density at radius 3 is 2.34 bits per heavy atom. The fourth-order valence-electron chi connectivity index (χ4n) is 4.37. The molecule has 5 heteroatoms. The van der Waals surface area contributed by atoms with Gasteiger partial charge in [-0.15, -0.1) is 0 Å². The van der Waals surface area contributed by atoms with Crippen molar-refractivity contribution in [2.45, 2.75) is 52.7 Å². The Bertz CT molecular complexity index is 1220. The molecule has 0 saturated heterocycles. The first-order valence-electron chi connectivity index (χ1n) is 10.6. The average molecular weight is 427 g/mol. The van der Waals surface area contributed by atoms with E-state index in [1.54, 1.807) is 18.2 Å². The number of Topliss-reactive ketones (excluding diaryl/α,β-unsaturated/α-hetero) is 1. The van der Waals surface area contributed by atoms with E-state index in [4.69, 9.17) is 14.7 Å². The van der Waals surface area contributed by atoms with Crippen molar-refractivity contribution in [2.75, 3.05) is 0 Å². The molecule has 2 aromatic carbocycles. The van der Waals surface area contributed by atoms with Gasteiger partial charge >= 0.3 is 0 Å². The third kappa shape index (κ3) is 3.97. The van der Waals surface area contributed by atoms with Crippen LogP contribution >= 0.6 is 0 Å². The van der Waals surface area contributed by atoms with Crippen LogP contribution in [-0.2, 0) is 6.61 Å². The SMILES string of the molecule is Cc1cc(C2C(=O)c3ccc(OCc4ccc(C#N)cc4)c(C)c3OC2(C)C)cc(C)n1. The van der Waals surface area contributed by atoms with Crippen LogP contribution in [0, 0.1) is 32.1 Å². The van der Waals surface area contributed by atoms with E-state index in [2.05, 4.69) is 11.1 Å². The molecular formula is C27H26N2O3. The zero-order valence-corrected chi connectivity index (χ0v) is 19.0. The van der Waals surface area contributed by atoms with Gasteiger partial charge in [0.2, 0.25) is 0 Å². The van der Waals surface area contributed by atoms with Crippen LogP contribution in [0.3, 0.4) is 0 Å². The zero-order valence-electron chi connectivity index (χ0n) is 19.0. The normalized spacial score (nSPS) is 16.6. The van der Waals surface area contributed by atoms with Crippen molar-refractivity contribution >= 4 is 5.78 Å². The zero-order chi connectivity index (χ0) is 23.0. The number of hydrogen-bond acceptors (Lipinski definition) is 5. The van der Waals surface area contributed by atoms with Crippen LogP contribution in [0.1, 0.15) is 63.8 Å². The maximum Gasteiger partial charge on any atom is 0.178 e. The number of pyridine rings is 1. The van der Waals surface area contributed by atoms with Crippen LogP contribution < -0.4 is 9.47 Å². The molecule has 0 aliphatic carbocycles. The highest BCUT2D eigenvalue weighted by Crippen LogP contribution is 2.46. The van der Waals surface area contributed by atoms with E-state index < -0.39 is 11.5 Å². The van der Waals surface area contributed by atoms with Crippen LogP contribution in [-0.4, -0.2) is 16.4 Å². The lowest BCUT2D eigenvalue weighted by Gasteiger charge is -2.40. The number of hydrogen-bond donors (Lipinski definition) is 0. The Labute approximate surface area is 188 Å². The topological polar surface area (TPSA) is 72.2 Å². The summed E-state index contributed by atoms with van der Waals surface area (Å²) in [4.78, 5) is 18.0. The van der Waals surface area contributed by atoms with Gasteiger partial charge in [0.15, 0.2) is 5.78 Å². The Hall–Kier alpha value is -3.65. The number of carbonyl (C=O) groups is 1. The summed E-state index contributed by atoms with van der Waals surface area (Å²) in [6.07, 6.45) is 0. The summed E-state index contributed by atoms with van der Waals surface area (Å²) in [5, 5.41) is 8.94. The summed E-state index contributed by atoms with van der Waals surface area (Å²) in [5.74, 6) is 0.880. The van der Waals surface area contributed by atoms with Gasteiger partial charge in [-0.1, -0.05) is 12.1 Å². The number of nitrogens with zero attached hydrogens (tertiary/aromatic N) is 2. The fourth-order valence-corrected chi connectivity index (χ4v) is 4.37. The van der Waals surface area contributed by atoms with E-state index in [0.29, 0.717) is 29.2 Å². The van der Waals surface area contributed by atoms with Crippen molar-refractivity contribution < 1.29 is 14.3 Å². The molecule has 0 saturated carbocycles. The number of carbonyl (C=O) groups excluding carboxylic acids is 1. The highest BCUT2D eigenvalue weighted by Gasteiger charge is 2.45. The second kappa shape index (κ2) is 8.12. The van der Waals surface area contributed by atoms with E-state index in [0.717, 1.165) is 28.1 Å². The van der Waals surface area contributed by atoms with Crippen molar-refractivity contribution in [3.63, 3.8) is 0 Å². The molecular weight excluding hydrogens is 400 g/mol. The Morgan fingerprint density at radius 2 is 1.72 bits per heavy atom. The standard InChI is InChI=1S/C27H26N2O3/c1-16-12-21(13-17(2)29-16)24-25(30)22-10-11-23(18(3)26(22)32-27(24,4)5)31-15-20-8-6-19(14-28)7-9-20/h6-13,24H,15H2,1-5H3. The molecule has 5 nitrogen and oxygen atoms in total. The highest BCUT2D eigenvalue weighted by atomic mass is 16.5. The molecule has 0 spiro atoms. The van der Waals surface area contributed by atoms with Gasteiger partial charge in [0.1, 0.15) is 23.7 Å². The van der Waals surface area contributed by atoms with Crippen molar-refractivity contribution in [3.8, 4) is 17.6 Å². The lowest BCUT2D eigenvalue weighted by Crippen LogP contribution is -2.44. The van der Waals surface area contributed by atoms with E-state index >= 15 is 0 Å². The molecule has 2 heterocycles. The van der Waals surface area contributed by atoms with Gasteiger partial charge in [0, 0.05) is 17.0 Å². The van der Waals surface area contributed by atoms with Crippen molar-refractivity contribution in [2.24, 2.45) is 0 Å². The Morgan fingerprint density at radius 1 is 1.06 bits per heavy atom. The number of aromatic nitrogens is 1. The van der Waals surface area contributed by atoms with Gasteiger partial charge < -0.3 is 9.47 Å². The molecule has 1 unspecified atom stereocenters. The van der Waals surface area contributed by atoms with Gasteiger partial charge in [-0.3, -0.25) is 9.78 Å². The van der Waals surface area contributed by atoms with Crippen LogP contribution in [0.5, 0.6) is 11.5 Å². The summed E-state index contributed by atoms with van der Waals surface area (Å²) in [5.41, 5.74) is 4.93. The van der Waals surface area contributed by atoms with E-state index in [9.17, 15) is 4.79 Å². The minimum atomic E-state index is -0.721. The third-order valence-corrected chi connectivity index (χ3v) is 5.86. The summed E-state index contributed by atoms with van der Waals surface area (Å²) >= 11 is 0. The fraction of sp³-hybridized carbons (Fsp3) is 0.296. The second-order valence-electron chi connectivity index (χ2n) is 8.85. The number of nitriles is 1. The van der Waals surface area contributed by atoms with Gasteiger partial charge in [-0.25, -0.2) is 0 Å². The quantitative estimate of drug-likeness (QED) is 0.543. The number of aryl methyl sites for hydroxylation is 2.